The molecule has 0 bridgehead atoms. The van der Waals surface area contributed by atoms with Gasteiger partial charge in [-0.05, 0) is 44.0 Å². The van der Waals surface area contributed by atoms with Crippen LogP contribution in [0.3, 0.4) is 0 Å². The predicted molar refractivity (Wildman–Crippen MR) is 70.1 cm³/mol. The van der Waals surface area contributed by atoms with Crippen LogP contribution in [0, 0.1) is 6.92 Å². The van der Waals surface area contributed by atoms with Crippen molar-refractivity contribution in [1.82, 2.24) is 4.90 Å². The maximum Gasteiger partial charge on any atom is 0.253 e. The van der Waals surface area contributed by atoms with Crippen LogP contribution in [0.25, 0.3) is 0 Å². The Hall–Kier alpha value is -1.75. The Bertz CT molecular complexity index is 505. The third-order valence-electron chi connectivity index (χ3n) is 3.11. The first-order chi connectivity index (χ1) is 8.79. The van der Waals surface area contributed by atoms with Crippen LogP contribution in [0.2, 0.25) is 0 Å². The summed E-state index contributed by atoms with van der Waals surface area (Å²) in [6, 6.07) is 3.78. The minimum absolute atomic E-state index is 0.233. The smallest absolute Gasteiger partial charge is 0.253 e. The van der Waals surface area contributed by atoms with Crippen LogP contribution in [0.15, 0.2) is 12.1 Å². The van der Waals surface area contributed by atoms with Gasteiger partial charge in [0.1, 0.15) is 5.60 Å². The van der Waals surface area contributed by atoms with Gasteiger partial charge in [0.05, 0.1) is 0 Å². The van der Waals surface area contributed by atoms with Gasteiger partial charge in [-0.1, -0.05) is 0 Å². The fourth-order valence-corrected chi connectivity index (χ4v) is 2.05. The molecular weight excluding hydrogens is 246 g/mol. The van der Waals surface area contributed by atoms with Crippen LogP contribution in [-0.4, -0.2) is 35.4 Å². The summed E-state index contributed by atoms with van der Waals surface area (Å²) in [7, 11) is 1.67. The number of amides is 1. The molecule has 5 heteroatoms. The lowest BCUT2D eigenvalue weighted by atomic mass is 10.1. The van der Waals surface area contributed by atoms with Gasteiger partial charge in [0.2, 0.25) is 6.79 Å². The summed E-state index contributed by atoms with van der Waals surface area (Å²) in [6.45, 7) is 5.58. The molecule has 1 aliphatic heterocycles. The molecule has 0 aliphatic carbocycles. The topological polar surface area (TPSA) is 59.0 Å². The fraction of sp³-hybridized carbons (Fsp3) is 0.500. The number of benzene rings is 1. The number of nitrogens with zero attached hydrogens (tertiary/aromatic N) is 1. The number of carbonyl (C=O) groups excluding carboxylic acids is 1. The molecule has 0 aromatic heterocycles. The molecule has 1 aliphatic rings. The molecule has 0 unspecified atom stereocenters. The summed E-state index contributed by atoms with van der Waals surface area (Å²) in [4.78, 5) is 13.4. The Balaban J connectivity index is 2.18. The summed E-state index contributed by atoms with van der Waals surface area (Å²) in [5, 5.41) is 9.72. The number of ether oxygens (including phenoxy) is 2. The summed E-state index contributed by atoms with van der Waals surface area (Å²) in [6.07, 6.45) is 0. The second-order valence-electron chi connectivity index (χ2n) is 5.35. The van der Waals surface area contributed by atoms with Crippen molar-refractivity contribution in [3.8, 4) is 11.5 Å². The average Bonchev–Trinajstić information content (AvgIpc) is 2.74. The van der Waals surface area contributed by atoms with Crippen molar-refractivity contribution in [2.24, 2.45) is 0 Å². The van der Waals surface area contributed by atoms with Gasteiger partial charge in [0.15, 0.2) is 11.5 Å². The second kappa shape index (κ2) is 4.74. The third-order valence-corrected chi connectivity index (χ3v) is 3.11. The van der Waals surface area contributed by atoms with Gasteiger partial charge < -0.3 is 19.5 Å². The van der Waals surface area contributed by atoms with E-state index in [1.165, 1.54) is 18.7 Å². The molecule has 0 saturated carbocycles. The fourth-order valence-electron chi connectivity index (χ4n) is 2.05. The van der Waals surface area contributed by atoms with Crippen LogP contribution in [0.1, 0.15) is 25.0 Å². The molecule has 0 saturated heterocycles. The SMILES string of the molecule is Cc1cc2c(cc1CN(C)C(=O)C(C)(C)O)OCO2. The van der Waals surface area contributed by atoms with Crippen molar-refractivity contribution in [3.63, 3.8) is 0 Å². The molecule has 2 rings (SSSR count). The van der Waals surface area contributed by atoms with E-state index in [0.29, 0.717) is 12.3 Å². The highest BCUT2D eigenvalue weighted by Crippen LogP contribution is 2.35. The van der Waals surface area contributed by atoms with E-state index in [0.717, 1.165) is 16.9 Å². The molecule has 19 heavy (non-hydrogen) atoms. The van der Waals surface area contributed by atoms with Crippen molar-refractivity contribution < 1.29 is 19.4 Å². The summed E-state index contributed by atoms with van der Waals surface area (Å²) in [5.74, 6) is 1.12. The zero-order chi connectivity index (χ0) is 14.2. The number of hydrogen-bond acceptors (Lipinski definition) is 4. The largest absolute Gasteiger partial charge is 0.454 e. The number of rotatable bonds is 3. The first-order valence-electron chi connectivity index (χ1n) is 6.16. The van der Waals surface area contributed by atoms with Crippen molar-refractivity contribution in [1.29, 1.82) is 0 Å². The molecule has 0 atom stereocenters. The van der Waals surface area contributed by atoms with Gasteiger partial charge in [0, 0.05) is 13.6 Å². The van der Waals surface area contributed by atoms with Crippen LogP contribution in [0.4, 0.5) is 0 Å². The number of carbonyl (C=O) groups is 1. The monoisotopic (exact) mass is 265 g/mol. The molecule has 0 radical (unpaired) electrons. The molecule has 1 heterocycles. The molecule has 1 aromatic rings. The van der Waals surface area contributed by atoms with E-state index in [1.54, 1.807) is 7.05 Å². The lowest BCUT2D eigenvalue weighted by Gasteiger charge is -2.25. The third kappa shape index (κ3) is 2.81. The number of likely N-dealkylation sites (N-methyl/N-ethyl adjacent to an activating group) is 1. The first kappa shape index (κ1) is 13.7. The van der Waals surface area contributed by atoms with Crippen molar-refractivity contribution in [3.05, 3.63) is 23.3 Å². The van der Waals surface area contributed by atoms with Crippen LogP contribution in [0.5, 0.6) is 11.5 Å². The summed E-state index contributed by atoms with van der Waals surface area (Å²) in [5.41, 5.74) is 0.642. The standard InChI is InChI=1S/C14H19NO4/c1-9-5-11-12(19-8-18-11)6-10(9)7-15(4)13(16)14(2,3)17/h5-6,17H,7-8H2,1-4H3. The Morgan fingerprint density at radius 2 is 1.95 bits per heavy atom. The molecule has 1 amide bonds. The van der Waals surface area contributed by atoms with E-state index in [2.05, 4.69) is 0 Å². The van der Waals surface area contributed by atoms with E-state index in [-0.39, 0.29) is 12.7 Å². The van der Waals surface area contributed by atoms with Gasteiger partial charge in [-0.2, -0.15) is 0 Å². The highest BCUT2D eigenvalue weighted by atomic mass is 16.7. The normalized spacial score (nSPS) is 13.5. The van der Waals surface area contributed by atoms with Crippen LogP contribution >= 0.6 is 0 Å². The Labute approximate surface area is 112 Å². The van der Waals surface area contributed by atoms with E-state index >= 15 is 0 Å². The number of aryl methyl sites for hydroxylation is 1. The number of fused-ring (bicyclic) bond motifs is 1. The van der Waals surface area contributed by atoms with E-state index in [1.807, 2.05) is 19.1 Å². The maximum atomic E-state index is 11.9. The Morgan fingerprint density at radius 3 is 2.53 bits per heavy atom. The van der Waals surface area contributed by atoms with E-state index in [4.69, 9.17) is 9.47 Å². The Kier molecular flexibility index (Phi) is 3.41. The molecule has 0 fully saturated rings. The molecule has 5 nitrogen and oxygen atoms in total. The van der Waals surface area contributed by atoms with Crippen molar-refractivity contribution in [2.45, 2.75) is 32.9 Å². The van der Waals surface area contributed by atoms with Crippen LogP contribution < -0.4 is 9.47 Å². The second-order valence-corrected chi connectivity index (χ2v) is 5.35. The van der Waals surface area contributed by atoms with Gasteiger partial charge in [0.25, 0.3) is 5.91 Å². The van der Waals surface area contributed by atoms with Gasteiger partial charge >= 0.3 is 0 Å². The van der Waals surface area contributed by atoms with E-state index < -0.39 is 5.60 Å². The van der Waals surface area contributed by atoms with Crippen LogP contribution in [-0.2, 0) is 11.3 Å². The minimum Gasteiger partial charge on any atom is -0.454 e. The lowest BCUT2D eigenvalue weighted by Crippen LogP contribution is -2.42. The molecule has 1 aromatic carbocycles. The van der Waals surface area contributed by atoms with Gasteiger partial charge in [-0.15, -0.1) is 0 Å². The molecule has 104 valence electrons. The predicted octanol–water partition coefficient (Wildman–Crippen LogP) is 1.45. The zero-order valence-electron chi connectivity index (χ0n) is 11.7. The number of hydrogen-bond donors (Lipinski definition) is 1. The van der Waals surface area contributed by atoms with E-state index in [9.17, 15) is 9.90 Å². The van der Waals surface area contributed by atoms with Crippen molar-refractivity contribution in [2.75, 3.05) is 13.8 Å². The lowest BCUT2D eigenvalue weighted by molar-refractivity contribution is -0.146. The summed E-state index contributed by atoms with van der Waals surface area (Å²) >= 11 is 0. The van der Waals surface area contributed by atoms with Gasteiger partial charge in [-0.3, -0.25) is 4.79 Å². The maximum absolute atomic E-state index is 11.9. The minimum atomic E-state index is -1.36. The average molecular weight is 265 g/mol. The molecule has 1 N–H and O–H groups in total. The zero-order valence-corrected chi connectivity index (χ0v) is 11.7. The molecule has 0 spiro atoms. The van der Waals surface area contributed by atoms with Gasteiger partial charge in [-0.25, -0.2) is 0 Å². The number of aliphatic hydroxyl groups is 1. The molecular formula is C14H19NO4. The Morgan fingerprint density at radius 1 is 1.37 bits per heavy atom. The highest BCUT2D eigenvalue weighted by molar-refractivity contribution is 5.83. The highest BCUT2D eigenvalue weighted by Gasteiger charge is 2.27. The quantitative estimate of drug-likeness (QED) is 0.898. The first-order valence-corrected chi connectivity index (χ1v) is 6.16. The summed E-state index contributed by atoms with van der Waals surface area (Å²) < 4.78 is 10.6. The van der Waals surface area contributed by atoms with Crippen molar-refractivity contribution >= 4 is 5.91 Å².